The lowest BCUT2D eigenvalue weighted by atomic mass is 9.77. The minimum absolute atomic E-state index is 0.0693. The van der Waals surface area contributed by atoms with Gasteiger partial charge in [0.25, 0.3) is 0 Å². The van der Waals surface area contributed by atoms with Gasteiger partial charge in [0.05, 0.1) is 29.2 Å². The van der Waals surface area contributed by atoms with E-state index < -0.39 is 10.5 Å². The number of nitro benzene ring substituents is 1. The van der Waals surface area contributed by atoms with Gasteiger partial charge in [-0.05, 0) is 19.8 Å². The first-order chi connectivity index (χ1) is 9.39. The van der Waals surface area contributed by atoms with Crippen LogP contribution >= 0.6 is 0 Å². The van der Waals surface area contributed by atoms with E-state index in [1.807, 2.05) is 0 Å². The lowest BCUT2D eigenvalue weighted by Crippen LogP contribution is -2.42. The second-order valence-electron chi connectivity index (χ2n) is 5.51. The second kappa shape index (κ2) is 4.17. The smallest absolute Gasteiger partial charge is 0.311 e. The third-order valence-corrected chi connectivity index (χ3v) is 3.74. The van der Waals surface area contributed by atoms with Crippen LogP contribution in [0.3, 0.4) is 0 Å². The molecule has 7 heteroatoms. The number of hydrogen-bond donors (Lipinski definition) is 1. The summed E-state index contributed by atoms with van der Waals surface area (Å²) in [5.74, 6) is 0.202. The molecule has 1 aliphatic carbocycles. The third kappa shape index (κ3) is 2.00. The maximum atomic E-state index is 11.0. The summed E-state index contributed by atoms with van der Waals surface area (Å²) in [6, 6.07) is 3.18. The van der Waals surface area contributed by atoms with Crippen LogP contribution in [0.4, 0.5) is 5.69 Å². The molecule has 0 radical (unpaired) electrons. The number of hydrogen-bond acceptors (Lipinski definition) is 5. The molecular weight excluding hydrogens is 262 g/mol. The molecule has 0 unspecified atom stereocenters. The van der Waals surface area contributed by atoms with E-state index in [1.54, 1.807) is 23.9 Å². The number of rotatable bonds is 3. The van der Waals surface area contributed by atoms with Crippen LogP contribution in [-0.2, 0) is 0 Å². The van der Waals surface area contributed by atoms with Crippen LogP contribution in [0.1, 0.15) is 25.8 Å². The average Bonchev–Trinajstić information content (AvgIpc) is 2.76. The van der Waals surface area contributed by atoms with Gasteiger partial charge in [-0.2, -0.15) is 5.10 Å². The third-order valence-electron chi connectivity index (χ3n) is 3.74. The molecule has 106 valence electrons. The highest BCUT2D eigenvalue weighted by molar-refractivity contribution is 5.83. The van der Waals surface area contributed by atoms with E-state index in [0.717, 1.165) is 0 Å². The second-order valence-corrected chi connectivity index (χ2v) is 5.51. The van der Waals surface area contributed by atoms with Crippen LogP contribution in [0, 0.1) is 10.1 Å². The number of benzene rings is 1. The van der Waals surface area contributed by atoms with Crippen molar-refractivity contribution in [2.24, 2.45) is 0 Å². The summed E-state index contributed by atoms with van der Waals surface area (Å²) in [6.07, 6.45) is 3.06. The Bertz CT molecular complexity index is 684. The summed E-state index contributed by atoms with van der Waals surface area (Å²) < 4.78 is 6.80. The van der Waals surface area contributed by atoms with Crippen molar-refractivity contribution in [3.05, 3.63) is 28.4 Å². The minimum atomic E-state index is -0.632. The zero-order valence-electron chi connectivity index (χ0n) is 11.2. The fourth-order valence-electron chi connectivity index (χ4n) is 2.70. The Morgan fingerprint density at radius 2 is 2.25 bits per heavy atom. The molecule has 0 saturated heterocycles. The molecule has 7 nitrogen and oxygen atoms in total. The lowest BCUT2D eigenvalue weighted by molar-refractivity contribution is -0.385. The number of fused-ring (bicyclic) bond motifs is 1. The van der Waals surface area contributed by atoms with Crippen molar-refractivity contribution in [2.75, 3.05) is 7.11 Å². The molecule has 1 aliphatic rings. The summed E-state index contributed by atoms with van der Waals surface area (Å²) in [6.45, 7) is 1.79. The topological polar surface area (TPSA) is 90.4 Å². The summed E-state index contributed by atoms with van der Waals surface area (Å²) >= 11 is 0. The molecule has 1 N–H and O–H groups in total. The quantitative estimate of drug-likeness (QED) is 0.684. The molecule has 1 saturated carbocycles. The van der Waals surface area contributed by atoms with Crippen LogP contribution in [0.15, 0.2) is 18.3 Å². The number of aliphatic hydroxyl groups is 1. The van der Waals surface area contributed by atoms with Crippen LogP contribution in [0.25, 0.3) is 10.9 Å². The maximum Gasteiger partial charge on any atom is 0.311 e. The Kier molecular flexibility index (Phi) is 2.68. The van der Waals surface area contributed by atoms with Crippen molar-refractivity contribution in [1.82, 2.24) is 9.78 Å². The summed E-state index contributed by atoms with van der Waals surface area (Å²) in [5.41, 5.74) is -0.0499. The van der Waals surface area contributed by atoms with Crippen molar-refractivity contribution >= 4 is 16.6 Å². The fourth-order valence-corrected chi connectivity index (χ4v) is 2.70. The molecule has 1 heterocycles. The van der Waals surface area contributed by atoms with E-state index in [1.165, 1.54) is 13.2 Å². The number of nitro groups is 1. The monoisotopic (exact) mass is 277 g/mol. The van der Waals surface area contributed by atoms with Gasteiger partial charge < -0.3 is 9.84 Å². The van der Waals surface area contributed by atoms with Crippen molar-refractivity contribution in [2.45, 2.75) is 31.4 Å². The molecule has 1 aromatic carbocycles. The molecular formula is C13H15N3O4. The SMILES string of the molecule is COc1cc2nn([C@H]3C[C@](C)(O)C3)cc2cc1[N+](=O)[O-]. The Morgan fingerprint density at radius 3 is 2.80 bits per heavy atom. The van der Waals surface area contributed by atoms with Crippen LogP contribution in [-0.4, -0.2) is 32.5 Å². The molecule has 0 spiro atoms. The van der Waals surface area contributed by atoms with Gasteiger partial charge in [-0.15, -0.1) is 0 Å². The molecule has 0 amide bonds. The van der Waals surface area contributed by atoms with Crippen LogP contribution in [0.2, 0.25) is 0 Å². The predicted octanol–water partition coefficient (Wildman–Crippen LogP) is 2.04. The molecule has 1 fully saturated rings. The maximum absolute atomic E-state index is 11.0. The van der Waals surface area contributed by atoms with E-state index >= 15 is 0 Å². The van der Waals surface area contributed by atoms with Gasteiger partial charge >= 0.3 is 5.69 Å². The van der Waals surface area contributed by atoms with Crippen LogP contribution < -0.4 is 4.74 Å². The molecule has 1 aromatic heterocycles. The zero-order valence-corrected chi connectivity index (χ0v) is 11.2. The van der Waals surface area contributed by atoms with Gasteiger partial charge in [0.1, 0.15) is 0 Å². The molecule has 0 atom stereocenters. The Morgan fingerprint density at radius 1 is 1.55 bits per heavy atom. The van der Waals surface area contributed by atoms with Crippen molar-refractivity contribution in [1.29, 1.82) is 0 Å². The van der Waals surface area contributed by atoms with Gasteiger partial charge in [-0.1, -0.05) is 0 Å². The van der Waals surface area contributed by atoms with Crippen molar-refractivity contribution in [3.8, 4) is 5.75 Å². The van der Waals surface area contributed by atoms with E-state index in [0.29, 0.717) is 23.7 Å². The summed E-state index contributed by atoms with van der Waals surface area (Å²) in [4.78, 5) is 10.5. The molecule has 0 aliphatic heterocycles. The predicted molar refractivity (Wildman–Crippen MR) is 71.8 cm³/mol. The Labute approximate surface area is 114 Å². The Hall–Kier alpha value is -2.15. The van der Waals surface area contributed by atoms with E-state index in [4.69, 9.17) is 4.74 Å². The molecule has 3 rings (SSSR count). The van der Waals surface area contributed by atoms with Crippen molar-refractivity contribution < 1.29 is 14.8 Å². The molecule has 2 aromatic rings. The first-order valence-corrected chi connectivity index (χ1v) is 6.33. The highest BCUT2D eigenvalue weighted by Gasteiger charge is 2.40. The average molecular weight is 277 g/mol. The lowest BCUT2D eigenvalue weighted by Gasteiger charge is -2.40. The summed E-state index contributed by atoms with van der Waals surface area (Å²) in [7, 11) is 1.40. The molecule has 0 bridgehead atoms. The molecule has 20 heavy (non-hydrogen) atoms. The van der Waals surface area contributed by atoms with Gasteiger partial charge in [-0.25, -0.2) is 0 Å². The van der Waals surface area contributed by atoms with E-state index in [-0.39, 0.29) is 17.5 Å². The van der Waals surface area contributed by atoms with Gasteiger partial charge in [0, 0.05) is 23.7 Å². The normalized spacial score (nSPS) is 25.4. The summed E-state index contributed by atoms with van der Waals surface area (Å²) in [5, 5.41) is 25.9. The zero-order chi connectivity index (χ0) is 14.5. The van der Waals surface area contributed by atoms with Gasteiger partial charge in [-0.3, -0.25) is 14.8 Å². The first-order valence-electron chi connectivity index (χ1n) is 6.33. The van der Waals surface area contributed by atoms with Crippen molar-refractivity contribution in [3.63, 3.8) is 0 Å². The largest absolute Gasteiger partial charge is 0.490 e. The minimum Gasteiger partial charge on any atom is -0.490 e. The standard InChI is InChI=1S/C13H15N3O4/c1-13(17)5-9(6-13)15-7-8-3-11(16(18)19)12(20-2)4-10(8)14-15/h3-4,7,9,17H,5-6H2,1-2H3/t9-,13-. The number of methoxy groups -OCH3 is 1. The van der Waals surface area contributed by atoms with Crippen LogP contribution in [0.5, 0.6) is 5.75 Å². The number of ether oxygens (including phenoxy) is 1. The van der Waals surface area contributed by atoms with E-state index in [9.17, 15) is 15.2 Å². The van der Waals surface area contributed by atoms with Gasteiger partial charge in [0.15, 0.2) is 5.75 Å². The van der Waals surface area contributed by atoms with E-state index in [2.05, 4.69) is 5.10 Å². The highest BCUT2D eigenvalue weighted by Crippen LogP contribution is 2.41. The Balaban J connectivity index is 2.01. The first kappa shape index (κ1) is 12.9. The van der Waals surface area contributed by atoms with Gasteiger partial charge in [0.2, 0.25) is 0 Å². The number of aromatic nitrogens is 2. The number of nitrogens with zero attached hydrogens (tertiary/aromatic N) is 3. The highest BCUT2D eigenvalue weighted by atomic mass is 16.6. The fraction of sp³-hybridized carbons (Fsp3) is 0.462.